The second-order valence-corrected chi connectivity index (χ2v) is 4.40. The summed E-state index contributed by atoms with van der Waals surface area (Å²) in [5.41, 5.74) is 6.31. The third-order valence-electron chi connectivity index (χ3n) is 2.24. The number of ether oxygens (including phenoxy) is 1. The van der Waals surface area contributed by atoms with E-state index in [1.165, 1.54) is 12.1 Å². The SMILES string of the molecule is N#Cc1cc(F)ccc1Oc1cc(N)ccc1Br. The van der Waals surface area contributed by atoms with E-state index in [0.29, 0.717) is 15.9 Å². The Morgan fingerprint density at radius 2 is 1.94 bits per heavy atom. The molecule has 0 unspecified atom stereocenters. The van der Waals surface area contributed by atoms with E-state index in [-0.39, 0.29) is 11.3 Å². The van der Waals surface area contributed by atoms with Gasteiger partial charge in [0.25, 0.3) is 0 Å². The molecule has 90 valence electrons. The first kappa shape index (κ1) is 12.4. The molecule has 3 nitrogen and oxygen atoms in total. The van der Waals surface area contributed by atoms with E-state index in [1.54, 1.807) is 18.2 Å². The van der Waals surface area contributed by atoms with Gasteiger partial charge in [0, 0.05) is 11.8 Å². The van der Waals surface area contributed by atoms with Gasteiger partial charge < -0.3 is 10.5 Å². The first-order valence-corrected chi connectivity index (χ1v) is 5.82. The molecule has 2 aromatic carbocycles. The van der Waals surface area contributed by atoms with Crippen molar-refractivity contribution in [3.8, 4) is 17.6 Å². The van der Waals surface area contributed by atoms with E-state index in [0.717, 1.165) is 6.07 Å². The number of benzene rings is 2. The summed E-state index contributed by atoms with van der Waals surface area (Å²) < 4.78 is 19.2. The molecular formula is C13H8BrFN2O. The number of nitriles is 1. The van der Waals surface area contributed by atoms with Crippen molar-refractivity contribution in [2.75, 3.05) is 5.73 Å². The molecule has 0 saturated heterocycles. The highest BCUT2D eigenvalue weighted by molar-refractivity contribution is 9.10. The van der Waals surface area contributed by atoms with Crippen LogP contribution < -0.4 is 10.5 Å². The fraction of sp³-hybridized carbons (Fsp3) is 0. The number of rotatable bonds is 2. The molecule has 18 heavy (non-hydrogen) atoms. The summed E-state index contributed by atoms with van der Waals surface area (Å²) in [5, 5.41) is 8.91. The minimum atomic E-state index is -0.481. The first-order valence-electron chi connectivity index (χ1n) is 5.02. The van der Waals surface area contributed by atoms with Crippen LogP contribution in [0.5, 0.6) is 11.5 Å². The van der Waals surface area contributed by atoms with Gasteiger partial charge in [-0.15, -0.1) is 0 Å². The van der Waals surface area contributed by atoms with E-state index < -0.39 is 5.82 Å². The zero-order chi connectivity index (χ0) is 13.1. The van der Waals surface area contributed by atoms with Gasteiger partial charge >= 0.3 is 0 Å². The molecule has 0 heterocycles. The van der Waals surface area contributed by atoms with E-state index in [1.807, 2.05) is 6.07 Å². The molecule has 0 saturated carbocycles. The molecule has 2 N–H and O–H groups in total. The summed E-state index contributed by atoms with van der Waals surface area (Å²) in [4.78, 5) is 0. The highest BCUT2D eigenvalue weighted by atomic mass is 79.9. The lowest BCUT2D eigenvalue weighted by atomic mass is 10.2. The molecule has 0 aliphatic carbocycles. The third kappa shape index (κ3) is 2.60. The Balaban J connectivity index is 2.40. The summed E-state index contributed by atoms with van der Waals surface area (Å²) in [6.07, 6.45) is 0. The molecular weight excluding hydrogens is 299 g/mol. The Morgan fingerprint density at radius 3 is 2.67 bits per heavy atom. The fourth-order valence-corrected chi connectivity index (χ4v) is 1.72. The molecule has 0 radical (unpaired) electrons. The van der Waals surface area contributed by atoms with E-state index in [2.05, 4.69) is 15.9 Å². The number of nitrogens with zero attached hydrogens (tertiary/aromatic N) is 1. The Labute approximate surface area is 112 Å². The summed E-state index contributed by atoms with van der Waals surface area (Å²) in [6.45, 7) is 0. The number of hydrogen-bond acceptors (Lipinski definition) is 3. The van der Waals surface area contributed by atoms with Crippen LogP contribution in [-0.4, -0.2) is 0 Å². The lowest BCUT2D eigenvalue weighted by Gasteiger charge is -2.09. The first-order chi connectivity index (χ1) is 8.60. The average Bonchev–Trinajstić information content (AvgIpc) is 2.36. The summed E-state index contributed by atoms with van der Waals surface area (Å²) in [6, 6.07) is 10.7. The van der Waals surface area contributed by atoms with E-state index in [9.17, 15) is 4.39 Å². The molecule has 0 atom stereocenters. The molecule has 0 aliphatic heterocycles. The molecule has 2 aromatic rings. The number of hydrogen-bond donors (Lipinski definition) is 1. The van der Waals surface area contributed by atoms with Crippen molar-refractivity contribution < 1.29 is 9.13 Å². The van der Waals surface area contributed by atoms with Crippen LogP contribution in [0.15, 0.2) is 40.9 Å². The number of halogens is 2. The lowest BCUT2D eigenvalue weighted by molar-refractivity contribution is 0.476. The maximum atomic E-state index is 13.0. The van der Waals surface area contributed by atoms with Crippen molar-refractivity contribution in [2.45, 2.75) is 0 Å². The lowest BCUT2D eigenvalue weighted by Crippen LogP contribution is -1.92. The molecule has 0 amide bonds. The van der Waals surface area contributed by atoms with Crippen LogP contribution >= 0.6 is 15.9 Å². The van der Waals surface area contributed by atoms with Gasteiger partial charge in [-0.05, 0) is 46.3 Å². The average molecular weight is 307 g/mol. The predicted octanol–water partition coefficient (Wildman–Crippen LogP) is 3.83. The van der Waals surface area contributed by atoms with Gasteiger partial charge in [-0.2, -0.15) is 5.26 Å². The van der Waals surface area contributed by atoms with E-state index in [4.69, 9.17) is 15.7 Å². The van der Waals surface area contributed by atoms with Gasteiger partial charge in [0.2, 0.25) is 0 Å². The monoisotopic (exact) mass is 306 g/mol. The summed E-state index contributed by atoms with van der Waals surface area (Å²) >= 11 is 3.31. The Morgan fingerprint density at radius 1 is 1.17 bits per heavy atom. The molecule has 0 bridgehead atoms. The largest absolute Gasteiger partial charge is 0.455 e. The smallest absolute Gasteiger partial charge is 0.145 e. The Bertz CT molecular complexity index is 637. The van der Waals surface area contributed by atoms with Crippen molar-refractivity contribution in [3.63, 3.8) is 0 Å². The van der Waals surface area contributed by atoms with Crippen molar-refractivity contribution in [1.29, 1.82) is 5.26 Å². The molecule has 0 spiro atoms. The summed E-state index contributed by atoms with van der Waals surface area (Å²) in [7, 11) is 0. The van der Waals surface area contributed by atoms with Gasteiger partial charge in [0.05, 0.1) is 10.0 Å². The van der Waals surface area contributed by atoms with Crippen LogP contribution in [0.4, 0.5) is 10.1 Å². The minimum absolute atomic E-state index is 0.129. The van der Waals surface area contributed by atoms with Crippen LogP contribution in [0.1, 0.15) is 5.56 Å². The topological polar surface area (TPSA) is 59.0 Å². The van der Waals surface area contributed by atoms with Crippen molar-refractivity contribution >= 4 is 21.6 Å². The normalized spacial score (nSPS) is 9.83. The van der Waals surface area contributed by atoms with Crippen molar-refractivity contribution in [2.24, 2.45) is 0 Å². The highest BCUT2D eigenvalue weighted by Gasteiger charge is 2.08. The zero-order valence-electron chi connectivity index (χ0n) is 9.15. The van der Waals surface area contributed by atoms with Gasteiger partial charge in [0.1, 0.15) is 23.4 Å². The standard InChI is InChI=1S/C13H8BrFN2O/c14-11-3-2-10(17)6-13(11)18-12-4-1-9(15)5-8(12)7-16/h1-6H,17H2. The quantitative estimate of drug-likeness (QED) is 0.858. The number of nitrogens with two attached hydrogens (primary N) is 1. The predicted molar refractivity (Wildman–Crippen MR) is 69.7 cm³/mol. The van der Waals surface area contributed by atoms with Crippen LogP contribution in [0.2, 0.25) is 0 Å². The second kappa shape index (κ2) is 5.07. The summed E-state index contributed by atoms with van der Waals surface area (Å²) in [5.74, 6) is 0.272. The minimum Gasteiger partial charge on any atom is -0.455 e. The Hall–Kier alpha value is -2.06. The molecule has 2 rings (SSSR count). The molecule has 0 fully saturated rings. The van der Waals surface area contributed by atoms with Crippen LogP contribution in [0.3, 0.4) is 0 Å². The van der Waals surface area contributed by atoms with Crippen LogP contribution in [0, 0.1) is 17.1 Å². The number of anilines is 1. The maximum absolute atomic E-state index is 13.0. The van der Waals surface area contributed by atoms with Gasteiger partial charge in [0.15, 0.2) is 0 Å². The highest BCUT2D eigenvalue weighted by Crippen LogP contribution is 2.33. The van der Waals surface area contributed by atoms with Gasteiger partial charge in [-0.25, -0.2) is 4.39 Å². The van der Waals surface area contributed by atoms with E-state index >= 15 is 0 Å². The zero-order valence-corrected chi connectivity index (χ0v) is 10.7. The second-order valence-electron chi connectivity index (χ2n) is 3.54. The number of nitrogen functional groups attached to an aromatic ring is 1. The van der Waals surface area contributed by atoms with Gasteiger partial charge in [-0.1, -0.05) is 0 Å². The van der Waals surface area contributed by atoms with Crippen molar-refractivity contribution in [1.82, 2.24) is 0 Å². The van der Waals surface area contributed by atoms with Crippen LogP contribution in [0.25, 0.3) is 0 Å². The molecule has 0 aromatic heterocycles. The molecule has 5 heteroatoms. The van der Waals surface area contributed by atoms with Crippen LogP contribution in [-0.2, 0) is 0 Å². The Kier molecular flexibility index (Phi) is 3.49. The third-order valence-corrected chi connectivity index (χ3v) is 2.89. The van der Waals surface area contributed by atoms with Gasteiger partial charge in [-0.3, -0.25) is 0 Å². The fourth-order valence-electron chi connectivity index (χ4n) is 1.40. The maximum Gasteiger partial charge on any atom is 0.145 e. The van der Waals surface area contributed by atoms with Crippen molar-refractivity contribution in [3.05, 3.63) is 52.3 Å². The molecule has 0 aliphatic rings.